The molecular weight excluding hydrogens is 272 g/mol. The number of carboxylic acid groups (broad SMARTS) is 1. The fourth-order valence-corrected chi connectivity index (χ4v) is 1.67. The van der Waals surface area contributed by atoms with Crippen LogP contribution in [0.4, 0.5) is 5.69 Å². The molecule has 0 radical (unpaired) electrons. The van der Waals surface area contributed by atoms with Gasteiger partial charge >= 0.3 is 5.97 Å². The zero-order valence-electron chi connectivity index (χ0n) is 11.3. The standard InChI is InChI=1S/C15H14N2O4/c1-10(21-11-5-3-2-4-6-11)14(18)17-13-9-16-8-7-12(13)15(19)20/h2-10H,1H3,(H,17,18)(H,19,20). The summed E-state index contributed by atoms with van der Waals surface area (Å²) in [6.45, 7) is 1.58. The minimum absolute atomic E-state index is 0.0229. The molecule has 6 heteroatoms. The molecule has 6 nitrogen and oxygen atoms in total. The highest BCUT2D eigenvalue weighted by molar-refractivity contribution is 6.01. The van der Waals surface area contributed by atoms with Crippen LogP contribution in [0.3, 0.4) is 0 Å². The zero-order valence-corrected chi connectivity index (χ0v) is 11.3. The molecule has 2 aromatic rings. The average Bonchev–Trinajstić information content (AvgIpc) is 2.48. The SMILES string of the molecule is CC(Oc1ccccc1)C(=O)Nc1cnccc1C(=O)O. The monoisotopic (exact) mass is 286 g/mol. The molecule has 1 unspecified atom stereocenters. The van der Waals surface area contributed by atoms with Gasteiger partial charge in [0.1, 0.15) is 5.75 Å². The van der Waals surface area contributed by atoms with E-state index in [0.717, 1.165) is 0 Å². The number of nitrogens with one attached hydrogen (secondary N) is 1. The van der Waals surface area contributed by atoms with E-state index in [2.05, 4.69) is 10.3 Å². The van der Waals surface area contributed by atoms with Crippen molar-refractivity contribution in [3.8, 4) is 5.75 Å². The minimum Gasteiger partial charge on any atom is -0.481 e. The van der Waals surface area contributed by atoms with Crippen molar-refractivity contribution in [1.29, 1.82) is 0 Å². The number of amides is 1. The number of pyridine rings is 1. The molecular formula is C15H14N2O4. The summed E-state index contributed by atoms with van der Waals surface area (Å²) in [6.07, 6.45) is 1.87. The van der Waals surface area contributed by atoms with E-state index < -0.39 is 18.0 Å². The maximum atomic E-state index is 12.0. The summed E-state index contributed by atoms with van der Waals surface area (Å²) >= 11 is 0. The molecule has 0 bridgehead atoms. The number of nitrogens with zero attached hydrogens (tertiary/aromatic N) is 1. The van der Waals surface area contributed by atoms with Crippen LogP contribution in [0.2, 0.25) is 0 Å². The highest BCUT2D eigenvalue weighted by atomic mass is 16.5. The number of aromatic nitrogens is 1. The molecule has 0 aliphatic rings. The highest BCUT2D eigenvalue weighted by Gasteiger charge is 2.18. The molecule has 21 heavy (non-hydrogen) atoms. The third-order valence-corrected chi connectivity index (χ3v) is 2.73. The summed E-state index contributed by atoms with van der Waals surface area (Å²) < 4.78 is 5.47. The topological polar surface area (TPSA) is 88.5 Å². The lowest BCUT2D eigenvalue weighted by Gasteiger charge is -2.15. The second-order valence-corrected chi connectivity index (χ2v) is 4.29. The first kappa shape index (κ1) is 14.5. The fourth-order valence-electron chi connectivity index (χ4n) is 1.67. The number of benzene rings is 1. The van der Waals surface area contributed by atoms with Gasteiger partial charge in [0.25, 0.3) is 5.91 Å². The van der Waals surface area contributed by atoms with Gasteiger partial charge in [0.05, 0.1) is 17.4 Å². The second kappa shape index (κ2) is 6.51. The molecule has 1 heterocycles. The maximum Gasteiger partial charge on any atom is 0.337 e. The van der Waals surface area contributed by atoms with Crippen molar-refractivity contribution in [2.45, 2.75) is 13.0 Å². The van der Waals surface area contributed by atoms with E-state index in [4.69, 9.17) is 9.84 Å². The number of aromatic carboxylic acids is 1. The third kappa shape index (κ3) is 3.79. The lowest BCUT2D eigenvalue weighted by Crippen LogP contribution is -2.30. The van der Waals surface area contributed by atoms with Crippen LogP contribution >= 0.6 is 0 Å². The van der Waals surface area contributed by atoms with Gasteiger partial charge in [-0.05, 0) is 25.1 Å². The first-order chi connectivity index (χ1) is 10.1. The molecule has 0 fully saturated rings. The Morgan fingerprint density at radius 1 is 1.24 bits per heavy atom. The van der Waals surface area contributed by atoms with Gasteiger partial charge < -0.3 is 15.2 Å². The van der Waals surface area contributed by atoms with E-state index in [0.29, 0.717) is 5.75 Å². The number of anilines is 1. The summed E-state index contributed by atoms with van der Waals surface area (Å²) in [5, 5.41) is 11.5. The predicted molar refractivity (Wildman–Crippen MR) is 76.4 cm³/mol. The van der Waals surface area contributed by atoms with Gasteiger partial charge in [-0.25, -0.2) is 4.79 Å². The van der Waals surface area contributed by atoms with Crippen LogP contribution in [0, 0.1) is 0 Å². The van der Waals surface area contributed by atoms with E-state index in [1.165, 1.54) is 18.5 Å². The average molecular weight is 286 g/mol. The van der Waals surface area contributed by atoms with E-state index in [9.17, 15) is 9.59 Å². The maximum absolute atomic E-state index is 12.0. The first-order valence-electron chi connectivity index (χ1n) is 6.28. The summed E-state index contributed by atoms with van der Waals surface area (Å²) in [4.78, 5) is 26.9. The van der Waals surface area contributed by atoms with Crippen molar-refractivity contribution in [1.82, 2.24) is 4.98 Å². The highest BCUT2D eigenvalue weighted by Crippen LogP contribution is 2.15. The number of carbonyl (C=O) groups is 2. The van der Waals surface area contributed by atoms with Crippen LogP contribution < -0.4 is 10.1 Å². The first-order valence-corrected chi connectivity index (χ1v) is 6.28. The molecule has 1 aromatic heterocycles. The third-order valence-electron chi connectivity index (χ3n) is 2.73. The number of ether oxygens (including phenoxy) is 1. The molecule has 2 N–H and O–H groups in total. The van der Waals surface area contributed by atoms with E-state index in [1.807, 2.05) is 6.07 Å². The lowest BCUT2D eigenvalue weighted by atomic mass is 10.2. The van der Waals surface area contributed by atoms with Gasteiger partial charge in [-0.15, -0.1) is 0 Å². The van der Waals surface area contributed by atoms with Crippen LogP contribution in [-0.4, -0.2) is 28.1 Å². The van der Waals surface area contributed by atoms with Crippen LogP contribution in [0.5, 0.6) is 5.75 Å². The molecule has 0 aliphatic carbocycles. The Labute approximate surface area is 121 Å². The van der Waals surface area contributed by atoms with Gasteiger partial charge in [-0.1, -0.05) is 18.2 Å². The fraction of sp³-hybridized carbons (Fsp3) is 0.133. The van der Waals surface area contributed by atoms with Crippen LogP contribution in [-0.2, 0) is 4.79 Å². The number of hydrogen-bond acceptors (Lipinski definition) is 4. The number of carbonyl (C=O) groups excluding carboxylic acids is 1. The summed E-state index contributed by atoms with van der Waals surface area (Å²) in [5.74, 6) is -1.02. The molecule has 1 amide bonds. The van der Waals surface area contributed by atoms with Crippen molar-refractivity contribution in [2.75, 3.05) is 5.32 Å². The molecule has 0 spiro atoms. The largest absolute Gasteiger partial charge is 0.481 e. The Bertz CT molecular complexity index is 643. The second-order valence-electron chi connectivity index (χ2n) is 4.29. The van der Waals surface area contributed by atoms with Crippen LogP contribution in [0.15, 0.2) is 48.8 Å². The van der Waals surface area contributed by atoms with E-state index >= 15 is 0 Å². The summed E-state index contributed by atoms with van der Waals surface area (Å²) in [7, 11) is 0. The van der Waals surface area contributed by atoms with Crippen LogP contribution in [0.25, 0.3) is 0 Å². The minimum atomic E-state index is -1.13. The van der Waals surface area contributed by atoms with Gasteiger partial charge in [0.15, 0.2) is 6.10 Å². The normalized spacial score (nSPS) is 11.5. The Hall–Kier alpha value is -2.89. The zero-order chi connectivity index (χ0) is 15.2. The molecule has 1 aromatic carbocycles. The van der Waals surface area contributed by atoms with Crippen molar-refractivity contribution >= 4 is 17.6 Å². The van der Waals surface area contributed by atoms with E-state index in [-0.39, 0.29) is 11.3 Å². The number of hydrogen-bond donors (Lipinski definition) is 2. The quantitative estimate of drug-likeness (QED) is 0.879. The van der Waals surface area contributed by atoms with Gasteiger partial charge in [-0.2, -0.15) is 0 Å². The Morgan fingerprint density at radius 3 is 2.62 bits per heavy atom. The molecule has 0 saturated heterocycles. The molecule has 108 valence electrons. The van der Waals surface area contributed by atoms with Crippen molar-refractivity contribution in [3.63, 3.8) is 0 Å². The van der Waals surface area contributed by atoms with Crippen LogP contribution in [0.1, 0.15) is 17.3 Å². The van der Waals surface area contributed by atoms with E-state index in [1.54, 1.807) is 31.2 Å². The number of para-hydroxylation sites is 1. The smallest absolute Gasteiger partial charge is 0.337 e. The van der Waals surface area contributed by atoms with Crippen molar-refractivity contribution in [2.24, 2.45) is 0 Å². The molecule has 0 aliphatic heterocycles. The molecule has 0 saturated carbocycles. The number of rotatable bonds is 5. The number of carboxylic acids is 1. The van der Waals surface area contributed by atoms with Gasteiger partial charge in [-0.3, -0.25) is 9.78 Å². The Kier molecular flexibility index (Phi) is 4.50. The summed E-state index contributed by atoms with van der Waals surface area (Å²) in [6, 6.07) is 10.2. The lowest BCUT2D eigenvalue weighted by molar-refractivity contribution is -0.122. The van der Waals surface area contributed by atoms with Gasteiger partial charge in [0.2, 0.25) is 0 Å². The Balaban J connectivity index is 2.06. The predicted octanol–water partition coefficient (Wildman–Crippen LogP) is 2.19. The summed E-state index contributed by atoms with van der Waals surface area (Å²) in [5.41, 5.74) is 0.115. The van der Waals surface area contributed by atoms with Gasteiger partial charge in [0, 0.05) is 6.20 Å². The Morgan fingerprint density at radius 2 is 1.95 bits per heavy atom. The van der Waals surface area contributed by atoms with Crippen molar-refractivity contribution in [3.05, 3.63) is 54.4 Å². The molecule has 1 atom stereocenters. The molecule has 2 rings (SSSR count). The van der Waals surface area contributed by atoms with Crippen molar-refractivity contribution < 1.29 is 19.4 Å².